The van der Waals surface area contributed by atoms with Crippen molar-refractivity contribution in [3.05, 3.63) is 0 Å². The number of alkyl halides is 6. The number of hydrogen-bond donors (Lipinski definition) is 0. The molecule has 0 saturated heterocycles. The van der Waals surface area contributed by atoms with Crippen molar-refractivity contribution in [2.75, 3.05) is 11.6 Å². The van der Waals surface area contributed by atoms with Crippen molar-refractivity contribution in [2.45, 2.75) is 59.0 Å². The molecule has 0 aromatic rings. The van der Waals surface area contributed by atoms with Crippen LogP contribution in [0.15, 0.2) is 0 Å². The molecule has 0 aliphatic rings. The van der Waals surface area contributed by atoms with E-state index in [2.05, 4.69) is 0 Å². The molecule has 0 radical (unpaired) electrons. The molecule has 0 spiro atoms. The molecule has 0 amide bonds. The Morgan fingerprint density at radius 3 is 1.74 bits per heavy atom. The van der Waals surface area contributed by atoms with Crippen LogP contribution in [0.25, 0.3) is 0 Å². The normalized spacial score (nSPS) is 18.6. The molecule has 5 unspecified atom stereocenters. The molecule has 0 N–H and O–H groups in total. The molecule has 0 saturated carbocycles. The summed E-state index contributed by atoms with van der Waals surface area (Å²) in [5.74, 6) is -0.166. The second-order valence-corrected chi connectivity index (χ2v) is 9.44. The summed E-state index contributed by atoms with van der Waals surface area (Å²) >= 11 is 35.9. The number of rotatable bonds is 12. The zero-order chi connectivity index (χ0) is 17.3. The molecule has 3 nitrogen and oxygen atoms in total. The second kappa shape index (κ2) is 15.2. The van der Waals surface area contributed by atoms with Gasteiger partial charge in [0.1, 0.15) is 0 Å². The van der Waals surface area contributed by atoms with Crippen LogP contribution in [0.1, 0.15) is 32.1 Å². The third-order valence-electron chi connectivity index (χ3n) is 3.03. The number of halogens is 6. The molecule has 0 rings (SSSR count). The quantitative estimate of drug-likeness (QED) is 0.180. The zero-order valence-corrected chi connectivity index (χ0v) is 21.2. The van der Waals surface area contributed by atoms with Crippen molar-refractivity contribution in [2.24, 2.45) is 0 Å². The molecule has 11 heteroatoms. The van der Waals surface area contributed by atoms with E-state index in [4.69, 9.17) is 69.6 Å². The summed E-state index contributed by atoms with van der Waals surface area (Å²) in [4.78, 5) is 0. The van der Waals surface area contributed by atoms with Crippen molar-refractivity contribution in [3.63, 3.8) is 0 Å². The number of hydrogen-bond acceptors (Lipinski definition) is 3. The van der Waals surface area contributed by atoms with Gasteiger partial charge in [-0.25, -0.2) is 8.42 Å². The third kappa shape index (κ3) is 14.0. The molecule has 23 heavy (non-hydrogen) atoms. The van der Waals surface area contributed by atoms with E-state index in [9.17, 15) is 13.0 Å². The largest absolute Gasteiger partial charge is 1.00 e. The Balaban J connectivity index is 0. The molecule has 0 fully saturated rings. The summed E-state index contributed by atoms with van der Waals surface area (Å²) in [5, 5.41) is -4.06. The van der Waals surface area contributed by atoms with Gasteiger partial charge in [-0.2, -0.15) is 0 Å². The summed E-state index contributed by atoms with van der Waals surface area (Å²) in [6, 6.07) is 0. The van der Waals surface area contributed by atoms with Gasteiger partial charge < -0.3 is 4.55 Å². The van der Waals surface area contributed by atoms with Gasteiger partial charge >= 0.3 is 51.4 Å². The maximum atomic E-state index is 10.7. The molecule has 5 atom stereocenters. The van der Waals surface area contributed by atoms with Crippen LogP contribution in [0.2, 0.25) is 0 Å². The minimum atomic E-state index is -4.48. The van der Waals surface area contributed by atoms with Gasteiger partial charge in [-0.3, -0.25) is 0 Å². The van der Waals surface area contributed by atoms with Crippen LogP contribution in [-0.4, -0.2) is 51.5 Å². The predicted molar refractivity (Wildman–Crippen MR) is 96.6 cm³/mol. The van der Waals surface area contributed by atoms with E-state index in [0.29, 0.717) is 12.3 Å². The van der Waals surface area contributed by atoms with Gasteiger partial charge in [-0.15, -0.1) is 69.6 Å². The van der Waals surface area contributed by atoms with Crippen LogP contribution in [-0.2, 0) is 10.1 Å². The summed E-state index contributed by atoms with van der Waals surface area (Å²) in [6.07, 6.45) is 4.50. The summed E-state index contributed by atoms with van der Waals surface area (Å²) in [5.41, 5.74) is 0. The molecule has 0 aliphatic carbocycles. The van der Waals surface area contributed by atoms with Gasteiger partial charge in [0.15, 0.2) is 0 Å². The van der Waals surface area contributed by atoms with Gasteiger partial charge in [0, 0.05) is 5.88 Å². The Kier molecular flexibility index (Phi) is 18.9. The van der Waals surface area contributed by atoms with Gasteiger partial charge in [0.25, 0.3) is 0 Å². The Labute approximate surface area is 211 Å². The molecular formula is C12H19Cl6KO3S. The number of unbranched alkanes of at least 4 members (excludes halogenated alkanes) is 3. The summed E-state index contributed by atoms with van der Waals surface area (Å²) < 4.78 is 32.1. The molecule has 0 heterocycles. The van der Waals surface area contributed by atoms with E-state index in [1.807, 2.05) is 0 Å². The van der Waals surface area contributed by atoms with Gasteiger partial charge in [-0.1, -0.05) is 19.3 Å². The topological polar surface area (TPSA) is 57.2 Å². The molecular weight excluding hydrogens is 476 g/mol. The van der Waals surface area contributed by atoms with E-state index in [-0.39, 0.29) is 51.4 Å². The van der Waals surface area contributed by atoms with E-state index < -0.39 is 42.8 Å². The molecule has 0 aliphatic heterocycles. The minimum absolute atomic E-state index is 0. The van der Waals surface area contributed by atoms with Crippen LogP contribution >= 0.6 is 69.6 Å². The summed E-state index contributed by atoms with van der Waals surface area (Å²) in [7, 11) is -4.48. The van der Waals surface area contributed by atoms with E-state index >= 15 is 0 Å². The molecule has 0 bridgehead atoms. The molecule has 134 valence electrons. The van der Waals surface area contributed by atoms with Gasteiger partial charge in [0.05, 0.1) is 42.8 Å². The Morgan fingerprint density at radius 1 is 0.783 bits per heavy atom. The van der Waals surface area contributed by atoms with Crippen LogP contribution in [0.3, 0.4) is 0 Å². The first-order valence-corrected chi connectivity index (χ1v) is 11.1. The average Bonchev–Trinajstić information content (AvgIpc) is 2.42. The third-order valence-corrected chi connectivity index (χ3v) is 7.37. The van der Waals surface area contributed by atoms with Crippen molar-refractivity contribution < 1.29 is 64.4 Å². The van der Waals surface area contributed by atoms with Crippen molar-refractivity contribution in [3.8, 4) is 0 Å². The average molecular weight is 495 g/mol. The standard InChI is InChI=1S/C12H20Cl6O3S.K/c13-6-4-2-1-3-5-8(14)10(16)12(18)11(17)9(15)7-22(19,20)21;/h8-12H,1-7H2,(H,19,20,21);/q;+1/p-1. The van der Waals surface area contributed by atoms with Crippen LogP contribution in [0.5, 0.6) is 0 Å². The monoisotopic (exact) mass is 492 g/mol. The minimum Gasteiger partial charge on any atom is -0.748 e. The first-order chi connectivity index (χ1) is 10.1. The Bertz CT molecular complexity index is 400. The fourth-order valence-electron chi connectivity index (χ4n) is 1.81. The maximum absolute atomic E-state index is 10.7. The first-order valence-electron chi connectivity index (χ1n) is 6.80. The van der Waals surface area contributed by atoms with Gasteiger partial charge in [0.2, 0.25) is 0 Å². The van der Waals surface area contributed by atoms with Crippen molar-refractivity contribution in [1.29, 1.82) is 0 Å². The Hall–Kier alpha value is 3.29. The second-order valence-electron chi connectivity index (χ2n) is 4.98. The molecule has 0 aromatic carbocycles. The maximum Gasteiger partial charge on any atom is 1.00 e. The summed E-state index contributed by atoms with van der Waals surface area (Å²) in [6.45, 7) is 0. The fourth-order valence-corrected chi connectivity index (χ4v) is 4.73. The molecule has 0 aromatic heterocycles. The van der Waals surface area contributed by atoms with Crippen LogP contribution in [0.4, 0.5) is 0 Å². The fraction of sp³-hybridized carbons (Fsp3) is 1.00. The zero-order valence-electron chi connectivity index (χ0n) is 12.7. The van der Waals surface area contributed by atoms with E-state index in [1.165, 1.54) is 0 Å². The SMILES string of the molecule is O=S(=O)([O-])CC(Cl)C(Cl)C(Cl)C(Cl)C(Cl)CCCCCCCl.[K+]. The van der Waals surface area contributed by atoms with Crippen LogP contribution in [0, 0.1) is 0 Å². The van der Waals surface area contributed by atoms with E-state index in [1.54, 1.807) is 0 Å². The predicted octanol–water partition coefficient (Wildman–Crippen LogP) is 1.76. The first kappa shape index (κ1) is 28.5. The van der Waals surface area contributed by atoms with E-state index in [0.717, 1.165) is 25.7 Å². The smallest absolute Gasteiger partial charge is 0.748 e. The van der Waals surface area contributed by atoms with Crippen LogP contribution < -0.4 is 51.4 Å². The van der Waals surface area contributed by atoms with Crippen molar-refractivity contribution in [1.82, 2.24) is 0 Å². The Morgan fingerprint density at radius 2 is 1.26 bits per heavy atom. The van der Waals surface area contributed by atoms with Gasteiger partial charge in [-0.05, 0) is 12.8 Å². The van der Waals surface area contributed by atoms with Crippen molar-refractivity contribution >= 4 is 79.7 Å².